The van der Waals surface area contributed by atoms with E-state index in [4.69, 9.17) is 12.2 Å². The van der Waals surface area contributed by atoms with Crippen molar-refractivity contribution in [2.24, 2.45) is 0 Å². The molecule has 2 heterocycles. The van der Waals surface area contributed by atoms with Crippen molar-refractivity contribution in [1.29, 1.82) is 0 Å². The molecule has 0 saturated heterocycles. The molecule has 0 spiro atoms. The third-order valence-corrected chi connectivity index (χ3v) is 4.36. The van der Waals surface area contributed by atoms with E-state index < -0.39 is 0 Å². The molecule has 3 rings (SSSR count). The van der Waals surface area contributed by atoms with Gasteiger partial charge in [0.1, 0.15) is 6.54 Å². The van der Waals surface area contributed by atoms with E-state index in [1.165, 1.54) is 0 Å². The van der Waals surface area contributed by atoms with Crippen LogP contribution >= 0.6 is 12.2 Å². The molecule has 0 atom stereocenters. The number of hydrogen-bond donors (Lipinski definition) is 1. The molecule has 26 heavy (non-hydrogen) atoms. The summed E-state index contributed by atoms with van der Waals surface area (Å²) in [4.78, 5) is 12.5. The largest absolute Gasteiger partial charge is 0.324 e. The van der Waals surface area contributed by atoms with Crippen LogP contribution in [0.4, 0.5) is 5.69 Å². The molecule has 0 unspecified atom stereocenters. The van der Waals surface area contributed by atoms with Crippen molar-refractivity contribution in [1.82, 2.24) is 19.1 Å². The Bertz CT molecular complexity index is 948. The van der Waals surface area contributed by atoms with Crippen molar-refractivity contribution in [3.8, 4) is 0 Å². The fraction of sp³-hybridized carbons (Fsp3) is 0.316. The molecule has 3 aromatic rings. The Balaban J connectivity index is 1.84. The zero-order chi connectivity index (χ0) is 18.7. The van der Waals surface area contributed by atoms with Crippen LogP contribution in [-0.2, 0) is 17.8 Å². The van der Waals surface area contributed by atoms with Gasteiger partial charge in [-0.15, -0.1) is 0 Å². The number of anilines is 1. The normalized spacial score (nSPS) is 10.9. The van der Waals surface area contributed by atoms with Crippen molar-refractivity contribution in [3.05, 3.63) is 64.4 Å². The number of hydrogen-bond acceptors (Lipinski definition) is 3. The van der Waals surface area contributed by atoms with Gasteiger partial charge in [-0.05, 0) is 67.9 Å². The second-order valence-electron chi connectivity index (χ2n) is 6.41. The summed E-state index contributed by atoms with van der Waals surface area (Å²) in [5, 5.41) is 7.50. The number of nitrogens with zero attached hydrogens (tertiary/aromatic N) is 4. The molecule has 0 radical (unpaired) electrons. The summed E-state index contributed by atoms with van der Waals surface area (Å²) in [6.45, 7) is 6.19. The molecule has 136 valence electrons. The molecule has 1 N–H and O–H groups in total. The molecule has 0 aliphatic heterocycles. The highest BCUT2D eigenvalue weighted by Crippen LogP contribution is 2.14. The molecule has 0 aliphatic carbocycles. The molecule has 0 saturated carbocycles. The molecule has 0 bridgehead atoms. The van der Waals surface area contributed by atoms with Gasteiger partial charge in [-0.25, -0.2) is 9.36 Å². The highest BCUT2D eigenvalue weighted by molar-refractivity contribution is 7.71. The number of carbonyl (C=O) groups is 1. The fourth-order valence-electron chi connectivity index (χ4n) is 3.00. The molecule has 1 aromatic carbocycles. The van der Waals surface area contributed by atoms with E-state index in [0.29, 0.717) is 4.77 Å². The molecule has 7 heteroatoms. The number of nitrogens with one attached hydrogen (secondary N) is 1. The lowest BCUT2D eigenvalue weighted by Gasteiger charge is -2.08. The highest BCUT2D eigenvalue weighted by Gasteiger charge is 2.14. The first kappa shape index (κ1) is 18.1. The van der Waals surface area contributed by atoms with E-state index in [1.54, 1.807) is 4.68 Å². The zero-order valence-electron chi connectivity index (χ0n) is 15.3. The standard InChI is InChI=1S/C19H23N5OS/c1-4-7-17-21-23(19(26)24(17)22-8-5-6-9-22)13-18(25)20-16-11-14(2)10-15(3)12-16/h5-6,8-12H,4,7,13H2,1-3H3,(H,20,25). The van der Waals surface area contributed by atoms with E-state index in [9.17, 15) is 4.79 Å². The second-order valence-corrected chi connectivity index (χ2v) is 6.77. The van der Waals surface area contributed by atoms with Crippen LogP contribution < -0.4 is 5.32 Å². The Morgan fingerprint density at radius 1 is 1.15 bits per heavy atom. The number of amides is 1. The van der Waals surface area contributed by atoms with Gasteiger partial charge in [0.2, 0.25) is 10.7 Å². The third-order valence-electron chi connectivity index (χ3n) is 3.97. The highest BCUT2D eigenvalue weighted by atomic mass is 32.1. The second kappa shape index (κ2) is 7.70. The first-order valence-corrected chi connectivity index (χ1v) is 9.09. The number of carbonyl (C=O) groups excluding carboxylic acids is 1. The number of rotatable bonds is 6. The van der Waals surface area contributed by atoms with Gasteiger partial charge in [-0.3, -0.25) is 9.47 Å². The number of aromatic nitrogens is 4. The van der Waals surface area contributed by atoms with Crippen LogP contribution in [0.3, 0.4) is 0 Å². The predicted molar refractivity (Wildman–Crippen MR) is 105 cm³/mol. The summed E-state index contributed by atoms with van der Waals surface area (Å²) in [5.74, 6) is 0.694. The summed E-state index contributed by atoms with van der Waals surface area (Å²) < 4.78 is 5.83. The lowest BCUT2D eigenvalue weighted by Crippen LogP contribution is -2.20. The van der Waals surface area contributed by atoms with Crippen molar-refractivity contribution < 1.29 is 4.79 Å². The van der Waals surface area contributed by atoms with Gasteiger partial charge in [0.05, 0.1) is 0 Å². The average molecular weight is 369 g/mol. The van der Waals surface area contributed by atoms with Crippen LogP contribution in [0.2, 0.25) is 0 Å². The Labute approximate surface area is 158 Å². The monoisotopic (exact) mass is 369 g/mol. The van der Waals surface area contributed by atoms with Crippen molar-refractivity contribution in [3.63, 3.8) is 0 Å². The van der Waals surface area contributed by atoms with E-state index in [-0.39, 0.29) is 12.5 Å². The van der Waals surface area contributed by atoms with Crippen LogP contribution in [0.25, 0.3) is 0 Å². The third kappa shape index (κ3) is 3.94. The molecular formula is C19H23N5OS. The Morgan fingerprint density at radius 2 is 1.81 bits per heavy atom. The summed E-state index contributed by atoms with van der Waals surface area (Å²) in [6, 6.07) is 9.83. The fourth-order valence-corrected chi connectivity index (χ4v) is 3.31. The van der Waals surface area contributed by atoms with Crippen molar-refractivity contribution in [2.75, 3.05) is 5.32 Å². The maximum Gasteiger partial charge on any atom is 0.246 e. The van der Waals surface area contributed by atoms with E-state index >= 15 is 0 Å². The van der Waals surface area contributed by atoms with Gasteiger partial charge in [-0.1, -0.05) is 13.0 Å². The van der Waals surface area contributed by atoms with Crippen LogP contribution in [0.5, 0.6) is 0 Å². The molecular weight excluding hydrogens is 346 g/mol. The summed E-state index contributed by atoms with van der Waals surface area (Å²) in [5.41, 5.74) is 3.01. The van der Waals surface area contributed by atoms with Crippen molar-refractivity contribution in [2.45, 2.75) is 40.2 Å². The minimum atomic E-state index is -0.147. The van der Waals surface area contributed by atoms with E-state index in [1.807, 2.05) is 59.9 Å². The quantitative estimate of drug-likeness (QED) is 0.674. The van der Waals surface area contributed by atoms with Crippen molar-refractivity contribution >= 4 is 23.8 Å². The summed E-state index contributed by atoms with van der Waals surface area (Å²) in [7, 11) is 0. The molecule has 6 nitrogen and oxygen atoms in total. The van der Waals surface area contributed by atoms with Gasteiger partial charge in [-0.2, -0.15) is 5.10 Å². The van der Waals surface area contributed by atoms with Crippen LogP contribution in [0.15, 0.2) is 42.7 Å². The van der Waals surface area contributed by atoms with Gasteiger partial charge in [0, 0.05) is 24.5 Å². The summed E-state index contributed by atoms with van der Waals surface area (Å²) in [6.07, 6.45) is 5.56. The van der Waals surface area contributed by atoms with Gasteiger partial charge in [0.25, 0.3) is 0 Å². The molecule has 0 fully saturated rings. The topological polar surface area (TPSA) is 56.8 Å². The lowest BCUT2D eigenvalue weighted by molar-refractivity contribution is -0.116. The summed E-state index contributed by atoms with van der Waals surface area (Å²) >= 11 is 5.56. The smallest absolute Gasteiger partial charge is 0.246 e. The van der Waals surface area contributed by atoms with Crippen LogP contribution in [-0.4, -0.2) is 25.0 Å². The minimum absolute atomic E-state index is 0.0802. The average Bonchev–Trinajstić information content (AvgIpc) is 3.16. The maximum absolute atomic E-state index is 12.5. The SMILES string of the molecule is CCCc1nn(CC(=O)Nc2cc(C)cc(C)c2)c(=S)n1-n1cccc1. The van der Waals surface area contributed by atoms with E-state index in [0.717, 1.165) is 35.5 Å². The molecule has 0 aliphatic rings. The van der Waals surface area contributed by atoms with Gasteiger partial charge in [0.15, 0.2) is 5.82 Å². The molecule has 1 amide bonds. The predicted octanol–water partition coefficient (Wildman–Crippen LogP) is 3.74. The Hall–Kier alpha value is -2.67. The zero-order valence-corrected chi connectivity index (χ0v) is 16.1. The van der Waals surface area contributed by atoms with Crippen LogP contribution in [0, 0.1) is 18.6 Å². The Kier molecular flexibility index (Phi) is 5.37. The van der Waals surface area contributed by atoms with E-state index in [2.05, 4.69) is 23.4 Å². The van der Waals surface area contributed by atoms with Gasteiger partial charge < -0.3 is 5.32 Å². The molecule has 2 aromatic heterocycles. The Morgan fingerprint density at radius 3 is 2.42 bits per heavy atom. The number of aryl methyl sites for hydroxylation is 3. The number of benzene rings is 1. The van der Waals surface area contributed by atoms with Crippen LogP contribution in [0.1, 0.15) is 30.3 Å². The first-order valence-electron chi connectivity index (χ1n) is 8.68. The maximum atomic E-state index is 12.5. The van der Waals surface area contributed by atoms with Gasteiger partial charge >= 0.3 is 0 Å². The lowest BCUT2D eigenvalue weighted by atomic mass is 10.1. The minimum Gasteiger partial charge on any atom is -0.324 e. The first-order chi connectivity index (χ1) is 12.5.